The SMILES string of the molecule is CCC1CCCCN1c1ccc(N)c(CC#N)c1. The third kappa shape index (κ3) is 2.59. The van der Waals surface area contributed by atoms with E-state index >= 15 is 0 Å². The Morgan fingerprint density at radius 2 is 2.28 bits per heavy atom. The van der Waals surface area contributed by atoms with E-state index < -0.39 is 0 Å². The zero-order chi connectivity index (χ0) is 13.0. The Hall–Kier alpha value is -1.69. The topological polar surface area (TPSA) is 53.0 Å². The fourth-order valence-electron chi connectivity index (χ4n) is 2.77. The molecule has 1 saturated heterocycles. The predicted octanol–water partition coefficient (Wildman–Crippen LogP) is 3.10. The summed E-state index contributed by atoms with van der Waals surface area (Å²) in [6.45, 7) is 3.37. The molecule has 2 rings (SSSR count). The summed E-state index contributed by atoms with van der Waals surface area (Å²) in [6.07, 6.45) is 5.43. The average Bonchev–Trinajstić information content (AvgIpc) is 2.41. The van der Waals surface area contributed by atoms with Crippen LogP contribution < -0.4 is 10.6 Å². The maximum atomic E-state index is 8.82. The Kier molecular flexibility index (Phi) is 4.09. The molecule has 1 atom stereocenters. The molecule has 1 aliphatic rings. The monoisotopic (exact) mass is 243 g/mol. The van der Waals surface area contributed by atoms with Gasteiger partial charge in [0.05, 0.1) is 12.5 Å². The average molecular weight is 243 g/mol. The van der Waals surface area contributed by atoms with Gasteiger partial charge in [-0.3, -0.25) is 0 Å². The second-order valence-corrected chi connectivity index (χ2v) is 4.97. The maximum Gasteiger partial charge on any atom is 0.0670 e. The fraction of sp³-hybridized carbons (Fsp3) is 0.533. The number of anilines is 2. The number of nitrogens with zero attached hydrogens (tertiary/aromatic N) is 2. The lowest BCUT2D eigenvalue weighted by Gasteiger charge is -2.37. The third-order valence-electron chi connectivity index (χ3n) is 3.83. The molecule has 0 radical (unpaired) electrons. The highest BCUT2D eigenvalue weighted by Crippen LogP contribution is 2.29. The van der Waals surface area contributed by atoms with Gasteiger partial charge < -0.3 is 10.6 Å². The van der Waals surface area contributed by atoms with E-state index in [-0.39, 0.29) is 0 Å². The molecule has 0 aromatic heterocycles. The number of benzene rings is 1. The Morgan fingerprint density at radius 1 is 1.44 bits per heavy atom. The van der Waals surface area contributed by atoms with Crippen LogP contribution in [0.4, 0.5) is 11.4 Å². The Morgan fingerprint density at radius 3 is 3.00 bits per heavy atom. The van der Waals surface area contributed by atoms with Crippen LogP contribution >= 0.6 is 0 Å². The van der Waals surface area contributed by atoms with E-state index in [2.05, 4.69) is 30.0 Å². The van der Waals surface area contributed by atoms with Crippen LogP contribution in [-0.2, 0) is 6.42 Å². The van der Waals surface area contributed by atoms with E-state index in [0.717, 1.165) is 17.8 Å². The zero-order valence-electron chi connectivity index (χ0n) is 11.0. The van der Waals surface area contributed by atoms with Crippen molar-refractivity contribution in [3.05, 3.63) is 23.8 Å². The van der Waals surface area contributed by atoms with Crippen LogP contribution in [0.1, 0.15) is 38.2 Å². The number of nitrogens with two attached hydrogens (primary N) is 1. The molecule has 18 heavy (non-hydrogen) atoms. The minimum atomic E-state index is 0.393. The fourth-order valence-corrected chi connectivity index (χ4v) is 2.77. The molecular formula is C15H21N3. The van der Waals surface area contributed by atoms with Crippen molar-refractivity contribution < 1.29 is 0 Å². The Labute approximate surface area is 109 Å². The molecule has 3 heteroatoms. The summed E-state index contributed by atoms with van der Waals surface area (Å²) in [7, 11) is 0. The molecule has 96 valence electrons. The third-order valence-corrected chi connectivity index (χ3v) is 3.83. The summed E-state index contributed by atoms with van der Waals surface area (Å²) in [6, 6.07) is 8.93. The highest BCUT2D eigenvalue weighted by Gasteiger charge is 2.21. The molecule has 0 aliphatic carbocycles. The molecule has 1 unspecified atom stereocenters. The quantitative estimate of drug-likeness (QED) is 0.830. The highest BCUT2D eigenvalue weighted by atomic mass is 15.2. The molecule has 0 saturated carbocycles. The highest BCUT2D eigenvalue weighted by molar-refractivity contribution is 5.59. The predicted molar refractivity (Wildman–Crippen MR) is 75.4 cm³/mol. The summed E-state index contributed by atoms with van der Waals surface area (Å²) in [4.78, 5) is 2.48. The molecule has 3 nitrogen and oxygen atoms in total. The molecule has 1 fully saturated rings. The molecule has 1 heterocycles. The van der Waals surface area contributed by atoms with Gasteiger partial charge in [-0.2, -0.15) is 5.26 Å². The van der Waals surface area contributed by atoms with Gasteiger partial charge in [-0.15, -0.1) is 0 Å². The van der Waals surface area contributed by atoms with Gasteiger partial charge in [-0.05, 0) is 49.4 Å². The minimum Gasteiger partial charge on any atom is -0.398 e. The van der Waals surface area contributed by atoms with E-state index in [4.69, 9.17) is 11.0 Å². The van der Waals surface area contributed by atoms with Gasteiger partial charge in [0.1, 0.15) is 0 Å². The van der Waals surface area contributed by atoms with Crippen molar-refractivity contribution in [2.75, 3.05) is 17.2 Å². The lowest BCUT2D eigenvalue weighted by molar-refractivity contribution is 0.450. The van der Waals surface area contributed by atoms with Crippen molar-refractivity contribution in [2.24, 2.45) is 0 Å². The van der Waals surface area contributed by atoms with E-state index in [1.807, 2.05) is 6.07 Å². The van der Waals surface area contributed by atoms with Crippen molar-refractivity contribution in [3.63, 3.8) is 0 Å². The van der Waals surface area contributed by atoms with Crippen LogP contribution in [0.15, 0.2) is 18.2 Å². The van der Waals surface area contributed by atoms with E-state index in [0.29, 0.717) is 12.5 Å². The van der Waals surface area contributed by atoms with Crippen LogP contribution in [0.25, 0.3) is 0 Å². The summed E-state index contributed by atoms with van der Waals surface area (Å²) >= 11 is 0. The largest absolute Gasteiger partial charge is 0.398 e. The molecule has 0 amide bonds. The number of hydrogen-bond acceptors (Lipinski definition) is 3. The zero-order valence-corrected chi connectivity index (χ0v) is 11.0. The van der Waals surface area contributed by atoms with Crippen LogP contribution in [0.3, 0.4) is 0 Å². The van der Waals surface area contributed by atoms with Crippen molar-refractivity contribution in [3.8, 4) is 6.07 Å². The number of nitrogen functional groups attached to an aromatic ring is 1. The van der Waals surface area contributed by atoms with Crippen LogP contribution in [0, 0.1) is 11.3 Å². The molecule has 1 aromatic carbocycles. The smallest absolute Gasteiger partial charge is 0.0670 e. The van der Waals surface area contributed by atoms with Crippen molar-refractivity contribution in [1.29, 1.82) is 5.26 Å². The van der Waals surface area contributed by atoms with Gasteiger partial charge in [0.25, 0.3) is 0 Å². The van der Waals surface area contributed by atoms with Gasteiger partial charge in [0.2, 0.25) is 0 Å². The van der Waals surface area contributed by atoms with Crippen molar-refractivity contribution in [2.45, 2.75) is 45.1 Å². The molecule has 0 spiro atoms. The standard InChI is InChI=1S/C15H21N3/c1-2-13-5-3-4-10-18(13)14-6-7-15(17)12(11-14)8-9-16/h6-7,11,13H,2-5,8,10,17H2,1H3. The first-order valence-corrected chi connectivity index (χ1v) is 6.78. The second-order valence-electron chi connectivity index (χ2n) is 4.97. The van der Waals surface area contributed by atoms with Crippen molar-refractivity contribution >= 4 is 11.4 Å². The lowest BCUT2D eigenvalue weighted by Crippen LogP contribution is -2.39. The number of hydrogen-bond donors (Lipinski definition) is 1. The summed E-state index contributed by atoms with van der Waals surface area (Å²) in [5, 5.41) is 8.82. The van der Waals surface area contributed by atoms with Crippen LogP contribution in [0.2, 0.25) is 0 Å². The van der Waals surface area contributed by atoms with E-state index in [1.165, 1.54) is 31.4 Å². The Balaban J connectivity index is 2.26. The van der Waals surface area contributed by atoms with E-state index in [9.17, 15) is 0 Å². The van der Waals surface area contributed by atoms with Crippen LogP contribution in [0.5, 0.6) is 0 Å². The maximum absolute atomic E-state index is 8.82. The minimum absolute atomic E-state index is 0.393. The summed E-state index contributed by atoms with van der Waals surface area (Å²) < 4.78 is 0. The molecule has 2 N–H and O–H groups in total. The molecule has 0 bridgehead atoms. The van der Waals surface area contributed by atoms with Crippen molar-refractivity contribution in [1.82, 2.24) is 0 Å². The Bertz CT molecular complexity index is 448. The first-order chi connectivity index (χ1) is 8.76. The second kappa shape index (κ2) is 5.77. The normalized spacial score (nSPS) is 19.6. The van der Waals surface area contributed by atoms with Gasteiger partial charge in [0, 0.05) is 24.0 Å². The number of piperidine rings is 1. The van der Waals surface area contributed by atoms with Crippen LogP contribution in [-0.4, -0.2) is 12.6 Å². The summed E-state index contributed by atoms with van der Waals surface area (Å²) in [5.74, 6) is 0. The first-order valence-electron chi connectivity index (χ1n) is 6.78. The van der Waals surface area contributed by atoms with Gasteiger partial charge in [-0.25, -0.2) is 0 Å². The summed E-state index contributed by atoms with van der Waals surface area (Å²) in [5.41, 5.74) is 8.81. The molecular weight excluding hydrogens is 222 g/mol. The van der Waals surface area contributed by atoms with Gasteiger partial charge >= 0.3 is 0 Å². The number of nitriles is 1. The van der Waals surface area contributed by atoms with Gasteiger partial charge in [0.15, 0.2) is 0 Å². The molecule has 1 aliphatic heterocycles. The lowest BCUT2D eigenvalue weighted by atomic mass is 9.98. The molecule has 1 aromatic rings. The first kappa shape index (κ1) is 12.8. The van der Waals surface area contributed by atoms with E-state index in [1.54, 1.807) is 0 Å². The number of rotatable bonds is 3. The van der Waals surface area contributed by atoms with Gasteiger partial charge in [-0.1, -0.05) is 6.92 Å².